The van der Waals surface area contributed by atoms with E-state index < -0.39 is 10.0 Å². The van der Waals surface area contributed by atoms with Gasteiger partial charge in [0.2, 0.25) is 10.0 Å². The fourth-order valence-electron chi connectivity index (χ4n) is 2.24. The van der Waals surface area contributed by atoms with Crippen LogP contribution in [0.3, 0.4) is 0 Å². The second kappa shape index (κ2) is 5.84. The summed E-state index contributed by atoms with van der Waals surface area (Å²) in [7, 11) is -3.43. The van der Waals surface area contributed by atoms with Gasteiger partial charge < -0.3 is 4.74 Å². The van der Waals surface area contributed by atoms with Gasteiger partial charge in [-0.2, -0.15) is 0 Å². The Balaban J connectivity index is 2.13. The van der Waals surface area contributed by atoms with Gasteiger partial charge in [-0.1, -0.05) is 32.9 Å². The van der Waals surface area contributed by atoms with Gasteiger partial charge >= 0.3 is 0 Å². The molecule has 0 aliphatic carbocycles. The van der Waals surface area contributed by atoms with Crippen molar-refractivity contribution in [3.63, 3.8) is 0 Å². The van der Waals surface area contributed by atoms with Gasteiger partial charge in [0.15, 0.2) is 0 Å². The number of rotatable bonds is 3. The van der Waals surface area contributed by atoms with E-state index in [1.807, 2.05) is 12.1 Å². The predicted octanol–water partition coefficient (Wildman–Crippen LogP) is 2.44. The standard InChI is InChI=1S/C15H23NO3S/c1-15(2,3)12-4-6-14(7-5-12)20(17,18)16-13-8-10-19-11-9-13/h4-7,13,16H,8-11H2,1-3H3. The topological polar surface area (TPSA) is 55.4 Å². The summed E-state index contributed by atoms with van der Waals surface area (Å²) in [6.45, 7) is 7.57. The van der Waals surface area contributed by atoms with Crippen LogP contribution in [0.2, 0.25) is 0 Å². The fraction of sp³-hybridized carbons (Fsp3) is 0.600. The maximum absolute atomic E-state index is 12.3. The highest BCUT2D eigenvalue weighted by Crippen LogP contribution is 2.23. The molecule has 0 amide bonds. The Kier molecular flexibility index (Phi) is 4.52. The van der Waals surface area contributed by atoms with Crippen molar-refractivity contribution in [3.8, 4) is 0 Å². The molecule has 0 bridgehead atoms. The number of hydrogen-bond donors (Lipinski definition) is 1. The normalized spacial score (nSPS) is 18.1. The lowest BCUT2D eigenvalue weighted by Crippen LogP contribution is -2.38. The van der Waals surface area contributed by atoms with Crippen LogP contribution in [-0.4, -0.2) is 27.7 Å². The molecule has 5 heteroatoms. The van der Waals surface area contributed by atoms with Crippen molar-refractivity contribution in [1.82, 2.24) is 4.72 Å². The lowest BCUT2D eigenvalue weighted by molar-refractivity contribution is 0.0832. The number of hydrogen-bond acceptors (Lipinski definition) is 3. The first kappa shape index (κ1) is 15.5. The first-order chi connectivity index (χ1) is 9.29. The molecule has 112 valence electrons. The summed E-state index contributed by atoms with van der Waals surface area (Å²) in [5.74, 6) is 0. The Labute approximate surface area is 121 Å². The Morgan fingerprint density at radius 2 is 1.65 bits per heavy atom. The summed E-state index contributed by atoms with van der Waals surface area (Å²) in [4.78, 5) is 0.331. The van der Waals surface area contributed by atoms with Crippen molar-refractivity contribution >= 4 is 10.0 Å². The zero-order valence-electron chi connectivity index (χ0n) is 12.3. The molecular formula is C15H23NO3S. The molecule has 1 saturated heterocycles. The lowest BCUT2D eigenvalue weighted by Gasteiger charge is -2.23. The minimum Gasteiger partial charge on any atom is -0.381 e. The van der Waals surface area contributed by atoms with Crippen LogP contribution >= 0.6 is 0 Å². The minimum absolute atomic E-state index is 0.0176. The van der Waals surface area contributed by atoms with E-state index in [0.29, 0.717) is 18.1 Å². The van der Waals surface area contributed by atoms with Crippen LogP contribution in [0.15, 0.2) is 29.2 Å². The van der Waals surface area contributed by atoms with Gasteiger partial charge in [-0.25, -0.2) is 13.1 Å². The average molecular weight is 297 g/mol. The minimum atomic E-state index is -3.43. The molecule has 0 saturated carbocycles. The number of sulfonamides is 1. The molecule has 4 nitrogen and oxygen atoms in total. The molecule has 1 aromatic rings. The zero-order chi connectivity index (χ0) is 14.8. The average Bonchev–Trinajstić information content (AvgIpc) is 2.38. The second-order valence-corrected chi connectivity index (χ2v) is 8.00. The third-order valence-corrected chi connectivity index (χ3v) is 5.11. The first-order valence-electron chi connectivity index (χ1n) is 7.00. The SMILES string of the molecule is CC(C)(C)c1ccc(S(=O)(=O)NC2CCOCC2)cc1. The van der Waals surface area contributed by atoms with E-state index in [9.17, 15) is 8.42 Å². The van der Waals surface area contributed by atoms with Crippen LogP contribution < -0.4 is 4.72 Å². The summed E-state index contributed by atoms with van der Waals surface area (Å²) in [5.41, 5.74) is 1.15. The van der Waals surface area contributed by atoms with Gasteiger partial charge in [0.05, 0.1) is 4.90 Å². The molecular weight excluding hydrogens is 274 g/mol. The molecule has 0 atom stereocenters. The summed E-state index contributed by atoms with van der Waals surface area (Å²) >= 11 is 0. The molecule has 1 heterocycles. The van der Waals surface area contributed by atoms with Crippen LogP contribution in [0.4, 0.5) is 0 Å². The summed E-state index contributed by atoms with van der Waals surface area (Å²) < 4.78 is 32.6. The van der Waals surface area contributed by atoms with Crippen LogP contribution in [0.1, 0.15) is 39.2 Å². The van der Waals surface area contributed by atoms with Crippen LogP contribution in [-0.2, 0) is 20.2 Å². The highest BCUT2D eigenvalue weighted by molar-refractivity contribution is 7.89. The highest BCUT2D eigenvalue weighted by atomic mass is 32.2. The number of nitrogens with one attached hydrogen (secondary N) is 1. The molecule has 0 radical (unpaired) electrons. The van der Waals surface area contributed by atoms with Gasteiger partial charge in [-0.3, -0.25) is 0 Å². The maximum Gasteiger partial charge on any atom is 0.240 e. The molecule has 1 aliphatic rings. The van der Waals surface area contributed by atoms with E-state index in [1.165, 1.54) is 0 Å². The fourth-order valence-corrected chi connectivity index (χ4v) is 3.54. The van der Waals surface area contributed by atoms with Crippen molar-refractivity contribution in [2.45, 2.75) is 50.0 Å². The Morgan fingerprint density at radius 3 is 2.15 bits per heavy atom. The van der Waals surface area contributed by atoms with E-state index in [-0.39, 0.29) is 11.5 Å². The molecule has 0 aromatic heterocycles. The van der Waals surface area contributed by atoms with Crippen molar-refractivity contribution in [1.29, 1.82) is 0 Å². The molecule has 1 aliphatic heterocycles. The number of benzene rings is 1. The van der Waals surface area contributed by atoms with Crippen molar-refractivity contribution in [2.75, 3.05) is 13.2 Å². The summed E-state index contributed by atoms with van der Waals surface area (Å²) in [5, 5.41) is 0. The molecule has 0 unspecified atom stereocenters. The van der Waals surface area contributed by atoms with Crippen LogP contribution in [0, 0.1) is 0 Å². The summed E-state index contributed by atoms with van der Waals surface area (Å²) in [6, 6.07) is 7.12. The van der Waals surface area contributed by atoms with E-state index in [2.05, 4.69) is 25.5 Å². The monoisotopic (exact) mass is 297 g/mol. The maximum atomic E-state index is 12.3. The predicted molar refractivity (Wildman–Crippen MR) is 79.3 cm³/mol. The second-order valence-electron chi connectivity index (χ2n) is 6.28. The van der Waals surface area contributed by atoms with Gasteiger partial charge in [0, 0.05) is 19.3 Å². The summed E-state index contributed by atoms with van der Waals surface area (Å²) in [6.07, 6.45) is 1.47. The van der Waals surface area contributed by atoms with Crippen LogP contribution in [0.25, 0.3) is 0 Å². The lowest BCUT2D eigenvalue weighted by atomic mass is 9.87. The quantitative estimate of drug-likeness (QED) is 0.932. The van der Waals surface area contributed by atoms with Crippen LogP contribution in [0.5, 0.6) is 0 Å². The molecule has 1 aromatic carbocycles. The van der Waals surface area contributed by atoms with Crippen molar-refractivity contribution < 1.29 is 13.2 Å². The van der Waals surface area contributed by atoms with E-state index in [0.717, 1.165) is 18.4 Å². The smallest absolute Gasteiger partial charge is 0.240 e. The third kappa shape index (κ3) is 3.81. The van der Waals surface area contributed by atoms with Gasteiger partial charge in [-0.15, -0.1) is 0 Å². The Hall–Kier alpha value is -0.910. The van der Waals surface area contributed by atoms with Gasteiger partial charge in [0.25, 0.3) is 0 Å². The first-order valence-corrected chi connectivity index (χ1v) is 8.48. The molecule has 20 heavy (non-hydrogen) atoms. The van der Waals surface area contributed by atoms with E-state index in [4.69, 9.17) is 4.74 Å². The molecule has 1 fully saturated rings. The largest absolute Gasteiger partial charge is 0.381 e. The van der Waals surface area contributed by atoms with Gasteiger partial charge in [0.1, 0.15) is 0 Å². The van der Waals surface area contributed by atoms with Gasteiger partial charge in [-0.05, 0) is 36.0 Å². The zero-order valence-corrected chi connectivity index (χ0v) is 13.2. The van der Waals surface area contributed by atoms with E-state index >= 15 is 0 Å². The Morgan fingerprint density at radius 1 is 1.10 bits per heavy atom. The van der Waals surface area contributed by atoms with E-state index in [1.54, 1.807) is 12.1 Å². The Bertz CT molecular complexity index is 537. The highest BCUT2D eigenvalue weighted by Gasteiger charge is 2.22. The third-order valence-electron chi connectivity index (χ3n) is 3.57. The van der Waals surface area contributed by atoms with Crippen molar-refractivity contribution in [3.05, 3.63) is 29.8 Å². The molecule has 0 spiro atoms. The molecule has 1 N–H and O–H groups in total. The number of ether oxygens (including phenoxy) is 1. The van der Waals surface area contributed by atoms with Crippen molar-refractivity contribution in [2.24, 2.45) is 0 Å². The molecule has 2 rings (SSSR count).